The molecule has 2 aromatic heterocycles. The normalized spacial score (nSPS) is 11.3. The van der Waals surface area contributed by atoms with Gasteiger partial charge in [0.25, 0.3) is 0 Å². The molecule has 1 aromatic carbocycles. The highest BCUT2D eigenvalue weighted by atomic mass is 19.4. The fourth-order valence-corrected chi connectivity index (χ4v) is 3.44. The highest BCUT2D eigenvalue weighted by molar-refractivity contribution is 5.54. The Bertz CT molecular complexity index is 1040. The third-order valence-electron chi connectivity index (χ3n) is 5.37. The predicted octanol–water partition coefficient (Wildman–Crippen LogP) is 6.90. The lowest BCUT2D eigenvalue weighted by Gasteiger charge is -2.05. The molecule has 3 aromatic rings. The number of alkyl halides is 3. The molecule has 0 fully saturated rings. The molecule has 0 bridgehead atoms. The summed E-state index contributed by atoms with van der Waals surface area (Å²) in [5.41, 5.74) is 1.91. The van der Waals surface area contributed by atoms with E-state index in [1.807, 2.05) is 23.0 Å². The standard InChI is InChI=1S/C26H29F3N4/c1-2-3-4-5-6-7-8-9-18-33-20-25(31-32-33)24-17-14-22(19-30-24)11-10-21-12-15-23(16-13-21)26(27,28)29/h12-17,19-20H,2-9,18H2,1H3. The summed E-state index contributed by atoms with van der Waals surface area (Å²) in [7, 11) is 0. The number of aryl methyl sites for hydroxylation is 1. The molecule has 4 nitrogen and oxygen atoms in total. The van der Waals surface area contributed by atoms with Crippen molar-refractivity contribution in [3.63, 3.8) is 0 Å². The van der Waals surface area contributed by atoms with Crippen molar-refractivity contribution in [2.24, 2.45) is 0 Å². The first-order chi connectivity index (χ1) is 16.0. The molecule has 174 valence electrons. The highest BCUT2D eigenvalue weighted by Crippen LogP contribution is 2.29. The second kappa shape index (κ2) is 12.2. The van der Waals surface area contributed by atoms with Gasteiger partial charge in [-0.3, -0.25) is 9.67 Å². The number of hydrogen-bond acceptors (Lipinski definition) is 3. The van der Waals surface area contributed by atoms with Crippen molar-refractivity contribution in [2.75, 3.05) is 0 Å². The molecule has 3 rings (SSSR count). The lowest BCUT2D eigenvalue weighted by atomic mass is 10.1. The average Bonchev–Trinajstić information content (AvgIpc) is 3.28. The Hall–Kier alpha value is -3.14. The summed E-state index contributed by atoms with van der Waals surface area (Å²) in [6.07, 6.45) is 9.33. The van der Waals surface area contributed by atoms with Gasteiger partial charge in [0.1, 0.15) is 5.69 Å². The zero-order valence-electron chi connectivity index (χ0n) is 18.9. The van der Waals surface area contributed by atoms with Crippen molar-refractivity contribution in [3.8, 4) is 23.2 Å². The maximum absolute atomic E-state index is 12.6. The van der Waals surface area contributed by atoms with Gasteiger partial charge >= 0.3 is 6.18 Å². The number of rotatable bonds is 10. The van der Waals surface area contributed by atoms with Crippen molar-refractivity contribution in [1.82, 2.24) is 20.0 Å². The number of pyridine rings is 1. The van der Waals surface area contributed by atoms with E-state index < -0.39 is 11.7 Å². The van der Waals surface area contributed by atoms with Crippen molar-refractivity contribution in [3.05, 3.63) is 65.5 Å². The summed E-state index contributed by atoms with van der Waals surface area (Å²) >= 11 is 0. The summed E-state index contributed by atoms with van der Waals surface area (Å²) in [4.78, 5) is 4.40. The van der Waals surface area contributed by atoms with Crippen molar-refractivity contribution < 1.29 is 13.2 Å². The Kier molecular flexibility index (Phi) is 9.05. The highest BCUT2D eigenvalue weighted by Gasteiger charge is 2.29. The molecule has 0 N–H and O–H groups in total. The smallest absolute Gasteiger partial charge is 0.253 e. The van der Waals surface area contributed by atoms with Crippen LogP contribution in [0.5, 0.6) is 0 Å². The molecule has 0 atom stereocenters. The minimum Gasteiger partial charge on any atom is -0.253 e. The van der Waals surface area contributed by atoms with Crippen LogP contribution < -0.4 is 0 Å². The number of nitrogens with zero attached hydrogens (tertiary/aromatic N) is 4. The van der Waals surface area contributed by atoms with E-state index in [1.165, 1.54) is 57.1 Å². The van der Waals surface area contributed by atoms with Crippen molar-refractivity contribution in [1.29, 1.82) is 0 Å². The molecule has 0 aliphatic carbocycles. The van der Waals surface area contributed by atoms with Gasteiger partial charge in [0.05, 0.1) is 17.5 Å². The van der Waals surface area contributed by atoms with Crippen molar-refractivity contribution >= 4 is 0 Å². The van der Waals surface area contributed by atoms with Crippen LogP contribution in [0, 0.1) is 11.8 Å². The van der Waals surface area contributed by atoms with Crippen LogP contribution in [0.2, 0.25) is 0 Å². The van der Waals surface area contributed by atoms with E-state index in [2.05, 4.69) is 34.1 Å². The third kappa shape index (κ3) is 8.05. The van der Waals surface area contributed by atoms with E-state index in [-0.39, 0.29) is 0 Å². The quantitative estimate of drug-likeness (QED) is 0.247. The zero-order chi connectivity index (χ0) is 23.5. The van der Waals surface area contributed by atoms with Gasteiger partial charge in [0.2, 0.25) is 0 Å². The van der Waals surface area contributed by atoms with Crippen LogP contribution in [-0.4, -0.2) is 20.0 Å². The Labute approximate surface area is 193 Å². The average molecular weight is 455 g/mol. The van der Waals surface area contributed by atoms with E-state index in [1.54, 1.807) is 6.20 Å². The molecule has 0 spiro atoms. The number of unbranched alkanes of at least 4 members (excludes halogenated alkanes) is 7. The van der Waals surface area contributed by atoms with Crippen LogP contribution in [-0.2, 0) is 12.7 Å². The van der Waals surface area contributed by atoms with Crippen molar-refractivity contribution in [2.45, 2.75) is 71.0 Å². The van der Waals surface area contributed by atoms with Crippen LogP contribution in [0.4, 0.5) is 13.2 Å². The number of aromatic nitrogens is 4. The van der Waals surface area contributed by atoms with E-state index in [0.29, 0.717) is 22.5 Å². The van der Waals surface area contributed by atoms with Gasteiger partial charge in [0, 0.05) is 23.9 Å². The molecule has 0 saturated heterocycles. The molecule has 0 aliphatic rings. The first-order valence-electron chi connectivity index (χ1n) is 11.5. The molecule has 33 heavy (non-hydrogen) atoms. The Morgan fingerprint density at radius 2 is 1.42 bits per heavy atom. The van der Waals surface area contributed by atoms with Gasteiger partial charge in [-0.1, -0.05) is 68.9 Å². The maximum Gasteiger partial charge on any atom is 0.416 e. The molecular formula is C26H29F3N4. The SMILES string of the molecule is CCCCCCCCCCn1cc(-c2ccc(C#Cc3ccc(C(F)(F)F)cc3)cn2)nn1. The largest absolute Gasteiger partial charge is 0.416 e. The van der Waals surface area contributed by atoms with Gasteiger partial charge in [-0.05, 0) is 42.8 Å². The molecule has 0 saturated carbocycles. The summed E-state index contributed by atoms with van der Waals surface area (Å²) in [5.74, 6) is 5.78. The molecule has 0 unspecified atom stereocenters. The molecular weight excluding hydrogens is 425 g/mol. The fourth-order valence-electron chi connectivity index (χ4n) is 3.44. The first-order valence-corrected chi connectivity index (χ1v) is 11.5. The van der Waals surface area contributed by atoms with Crippen LogP contribution in [0.15, 0.2) is 48.8 Å². The Morgan fingerprint density at radius 1 is 0.788 bits per heavy atom. The van der Waals surface area contributed by atoms with Gasteiger partial charge < -0.3 is 0 Å². The lowest BCUT2D eigenvalue weighted by molar-refractivity contribution is -0.137. The minimum atomic E-state index is -4.35. The zero-order valence-corrected chi connectivity index (χ0v) is 18.9. The number of halogens is 3. The summed E-state index contributed by atoms with van der Waals surface area (Å²) in [6, 6.07) is 8.42. The summed E-state index contributed by atoms with van der Waals surface area (Å²) < 4.78 is 39.8. The van der Waals surface area contributed by atoms with E-state index in [0.717, 1.165) is 25.1 Å². The lowest BCUT2D eigenvalue weighted by Crippen LogP contribution is -2.04. The van der Waals surface area contributed by atoms with Gasteiger partial charge in [0.15, 0.2) is 0 Å². The molecule has 2 heterocycles. The van der Waals surface area contributed by atoms with Gasteiger partial charge in [-0.2, -0.15) is 13.2 Å². The molecule has 0 amide bonds. The van der Waals surface area contributed by atoms with Crippen LogP contribution in [0.25, 0.3) is 11.4 Å². The second-order valence-electron chi connectivity index (χ2n) is 8.10. The summed E-state index contributed by atoms with van der Waals surface area (Å²) in [6.45, 7) is 3.08. The second-order valence-corrected chi connectivity index (χ2v) is 8.10. The number of benzene rings is 1. The van der Waals surface area contributed by atoms with E-state index >= 15 is 0 Å². The van der Waals surface area contributed by atoms with Gasteiger partial charge in [-0.15, -0.1) is 5.10 Å². The number of hydrogen-bond donors (Lipinski definition) is 0. The summed E-state index contributed by atoms with van der Waals surface area (Å²) in [5, 5.41) is 8.40. The fraction of sp³-hybridized carbons (Fsp3) is 0.423. The van der Waals surface area contributed by atoms with E-state index in [9.17, 15) is 13.2 Å². The topological polar surface area (TPSA) is 43.6 Å². The first kappa shape index (κ1) is 24.5. The molecule has 7 heteroatoms. The minimum absolute atomic E-state index is 0.510. The van der Waals surface area contributed by atoms with Crippen LogP contribution in [0.3, 0.4) is 0 Å². The molecule has 0 aliphatic heterocycles. The van der Waals surface area contributed by atoms with Crippen LogP contribution >= 0.6 is 0 Å². The molecule has 0 radical (unpaired) electrons. The third-order valence-corrected chi connectivity index (χ3v) is 5.37. The van der Waals surface area contributed by atoms with E-state index in [4.69, 9.17) is 0 Å². The maximum atomic E-state index is 12.6. The Morgan fingerprint density at radius 3 is 2.06 bits per heavy atom. The van der Waals surface area contributed by atoms with Crippen LogP contribution in [0.1, 0.15) is 75.0 Å². The predicted molar refractivity (Wildman–Crippen MR) is 123 cm³/mol. The monoisotopic (exact) mass is 454 g/mol. The van der Waals surface area contributed by atoms with Gasteiger partial charge in [-0.25, -0.2) is 0 Å². The Balaban J connectivity index is 1.48.